The van der Waals surface area contributed by atoms with Gasteiger partial charge in [-0.3, -0.25) is 9.58 Å². The van der Waals surface area contributed by atoms with E-state index >= 15 is 0 Å². The second-order valence-electron chi connectivity index (χ2n) is 10.7. The van der Waals surface area contributed by atoms with Crippen LogP contribution < -0.4 is 5.32 Å². The molecule has 3 aliphatic rings. The molecule has 1 spiro atoms. The third-order valence-corrected chi connectivity index (χ3v) is 7.48. The molecule has 2 fully saturated rings. The van der Waals surface area contributed by atoms with Crippen molar-refractivity contribution in [3.63, 3.8) is 0 Å². The van der Waals surface area contributed by atoms with Gasteiger partial charge in [-0.1, -0.05) is 13.8 Å². The normalized spacial score (nSPS) is 30.2. The summed E-state index contributed by atoms with van der Waals surface area (Å²) in [6.45, 7) is 7.63. The molecular weight excluding hydrogens is 386 g/mol. The third-order valence-electron chi connectivity index (χ3n) is 7.48. The topological polar surface area (TPSA) is 42.3 Å². The van der Waals surface area contributed by atoms with Crippen molar-refractivity contribution in [2.24, 2.45) is 5.41 Å². The Kier molecular flexibility index (Phi) is 6.01. The zero-order valence-corrected chi connectivity index (χ0v) is 19.1. The molecule has 0 aromatic carbocycles. The molecule has 1 aromatic heterocycles. The summed E-state index contributed by atoms with van der Waals surface area (Å²) in [7, 11) is 4.02. The summed E-state index contributed by atoms with van der Waals surface area (Å²) in [4.78, 5) is 2.23. The number of nitrogens with zero attached hydrogens (tertiary/aromatic N) is 3. The number of likely N-dealkylation sites (N-methyl/N-ethyl adjacent to an activating group) is 2. The predicted molar refractivity (Wildman–Crippen MR) is 114 cm³/mol. The number of fused-ring (bicyclic) bond motifs is 1. The largest absolute Gasteiger partial charge is 0.374 e. The molecule has 1 aliphatic carbocycles. The van der Waals surface area contributed by atoms with E-state index < -0.39 is 5.92 Å². The number of nitrogens with one attached hydrogen (secondary N) is 1. The first-order valence-corrected chi connectivity index (χ1v) is 11.6. The molecule has 0 radical (unpaired) electrons. The first-order valence-electron chi connectivity index (χ1n) is 11.6. The summed E-state index contributed by atoms with van der Waals surface area (Å²) in [6.07, 6.45) is 6.25. The van der Waals surface area contributed by atoms with Crippen LogP contribution in [0.5, 0.6) is 0 Å². The van der Waals surface area contributed by atoms with Gasteiger partial charge in [-0.2, -0.15) is 5.10 Å². The van der Waals surface area contributed by atoms with Gasteiger partial charge in [0.2, 0.25) is 0 Å². The second kappa shape index (κ2) is 8.14. The van der Waals surface area contributed by atoms with Gasteiger partial charge in [0, 0.05) is 30.9 Å². The van der Waals surface area contributed by atoms with Crippen LogP contribution in [0.1, 0.15) is 75.2 Å². The highest BCUT2D eigenvalue weighted by atomic mass is 19.3. The van der Waals surface area contributed by atoms with Gasteiger partial charge in [-0.25, -0.2) is 8.78 Å². The van der Waals surface area contributed by atoms with Gasteiger partial charge < -0.3 is 10.1 Å². The molecule has 0 bridgehead atoms. The molecule has 0 amide bonds. The molecule has 1 saturated carbocycles. The highest BCUT2D eigenvalue weighted by Gasteiger charge is 2.46. The molecule has 1 N–H and O–H groups in total. The maximum absolute atomic E-state index is 14.1. The van der Waals surface area contributed by atoms with E-state index in [9.17, 15) is 8.78 Å². The first kappa shape index (κ1) is 22.2. The van der Waals surface area contributed by atoms with E-state index in [1.807, 2.05) is 7.05 Å². The van der Waals surface area contributed by atoms with Crippen molar-refractivity contribution in [2.45, 2.75) is 89.3 Å². The van der Waals surface area contributed by atoms with Gasteiger partial charge in [0.05, 0.1) is 24.3 Å². The Morgan fingerprint density at radius 1 is 1.20 bits per heavy atom. The molecule has 4 rings (SSSR count). The van der Waals surface area contributed by atoms with Crippen LogP contribution in [0.2, 0.25) is 0 Å². The van der Waals surface area contributed by atoms with Gasteiger partial charge in [-0.15, -0.1) is 0 Å². The number of alkyl halides is 2. The summed E-state index contributed by atoms with van der Waals surface area (Å²) in [5.74, 6) is -2.35. The van der Waals surface area contributed by atoms with E-state index in [0.717, 1.165) is 75.3 Å². The molecular formula is C23H38F2N4O. The molecule has 1 saturated heterocycles. The molecule has 3 heterocycles. The Bertz CT molecular complexity index is 741. The van der Waals surface area contributed by atoms with Crippen molar-refractivity contribution in [1.82, 2.24) is 20.0 Å². The average Bonchev–Trinajstić information content (AvgIpc) is 3.14. The molecule has 5 nitrogen and oxygen atoms in total. The smallest absolute Gasteiger partial charge is 0.272 e. The van der Waals surface area contributed by atoms with Crippen LogP contribution in [0.3, 0.4) is 0 Å². The molecule has 0 unspecified atom stereocenters. The number of hydrogen-bond acceptors (Lipinski definition) is 4. The Labute approximate surface area is 179 Å². The highest BCUT2D eigenvalue weighted by Crippen LogP contribution is 2.49. The maximum Gasteiger partial charge on any atom is 0.272 e. The minimum Gasteiger partial charge on any atom is -0.374 e. The van der Waals surface area contributed by atoms with Crippen LogP contribution in [0, 0.1) is 5.41 Å². The zero-order valence-electron chi connectivity index (χ0n) is 19.1. The monoisotopic (exact) mass is 424 g/mol. The molecule has 170 valence electrons. The van der Waals surface area contributed by atoms with Crippen molar-refractivity contribution < 1.29 is 13.5 Å². The van der Waals surface area contributed by atoms with Gasteiger partial charge in [0.15, 0.2) is 0 Å². The highest BCUT2D eigenvalue weighted by molar-refractivity contribution is 5.34. The number of ether oxygens (including phenoxy) is 1. The zero-order chi connectivity index (χ0) is 21.6. The van der Waals surface area contributed by atoms with E-state index in [4.69, 9.17) is 4.74 Å². The van der Waals surface area contributed by atoms with Crippen LogP contribution >= 0.6 is 0 Å². The summed E-state index contributed by atoms with van der Waals surface area (Å²) < 4.78 is 36.3. The van der Waals surface area contributed by atoms with E-state index in [0.29, 0.717) is 5.92 Å². The number of aromatic nitrogens is 2. The summed E-state index contributed by atoms with van der Waals surface area (Å²) in [5, 5.41) is 7.85. The van der Waals surface area contributed by atoms with Gasteiger partial charge in [-0.05, 0) is 64.0 Å². The molecule has 0 atom stereocenters. The number of halogens is 2. The Balaban J connectivity index is 1.50. The van der Waals surface area contributed by atoms with E-state index in [2.05, 4.69) is 36.2 Å². The van der Waals surface area contributed by atoms with Crippen LogP contribution in [0.25, 0.3) is 0 Å². The van der Waals surface area contributed by atoms with Crippen LogP contribution in [0.15, 0.2) is 0 Å². The van der Waals surface area contributed by atoms with Crippen molar-refractivity contribution in [1.29, 1.82) is 0 Å². The van der Waals surface area contributed by atoms with Crippen molar-refractivity contribution in [2.75, 3.05) is 33.8 Å². The lowest BCUT2D eigenvalue weighted by Crippen LogP contribution is -2.44. The fourth-order valence-corrected chi connectivity index (χ4v) is 5.51. The minimum atomic E-state index is -2.67. The second-order valence-corrected chi connectivity index (χ2v) is 10.7. The average molecular weight is 425 g/mol. The first-order chi connectivity index (χ1) is 14.1. The fraction of sp³-hybridized carbons (Fsp3) is 0.870. The van der Waals surface area contributed by atoms with E-state index in [1.54, 1.807) is 4.68 Å². The quantitative estimate of drug-likeness (QED) is 0.751. The third kappa shape index (κ3) is 4.58. The molecule has 2 aliphatic heterocycles. The fourth-order valence-electron chi connectivity index (χ4n) is 5.51. The summed E-state index contributed by atoms with van der Waals surface area (Å²) in [6, 6.07) is 0. The molecule has 1 aromatic rings. The van der Waals surface area contributed by atoms with E-state index in [-0.39, 0.29) is 24.0 Å². The lowest BCUT2D eigenvalue weighted by Gasteiger charge is -2.47. The SMILES string of the molecule is CNCCN(C)Cc1nn2c(c1[C@H]1CC[C@]3(CCC(C)(C)CO3)CC1)CC(F)(F)C2. The standard InChI is InChI=1S/C23H38F2N4O/c1-21(2)9-10-22(30-16-21)7-5-17(6-8-22)20-18(14-28(4)12-11-26-3)27-29-15-23(24,25)13-19(20)29/h17,26H,5-16H2,1-4H3/t17-,22+. The number of hydrogen-bond donors (Lipinski definition) is 1. The summed E-state index contributed by atoms with van der Waals surface area (Å²) >= 11 is 0. The Morgan fingerprint density at radius 2 is 1.93 bits per heavy atom. The minimum absolute atomic E-state index is 0.00996. The van der Waals surface area contributed by atoms with Crippen molar-refractivity contribution in [3.8, 4) is 0 Å². The Hall–Kier alpha value is -1.05. The Morgan fingerprint density at radius 3 is 2.57 bits per heavy atom. The number of rotatable bonds is 6. The predicted octanol–water partition coefficient (Wildman–Crippen LogP) is 3.96. The lowest BCUT2D eigenvalue weighted by molar-refractivity contribution is -0.142. The molecule has 30 heavy (non-hydrogen) atoms. The van der Waals surface area contributed by atoms with Gasteiger partial charge in [0.25, 0.3) is 5.92 Å². The maximum atomic E-state index is 14.1. The molecule has 7 heteroatoms. The lowest BCUT2D eigenvalue weighted by atomic mass is 9.70. The van der Waals surface area contributed by atoms with Gasteiger partial charge >= 0.3 is 0 Å². The van der Waals surface area contributed by atoms with Crippen molar-refractivity contribution >= 4 is 0 Å². The van der Waals surface area contributed by atoms with E-state index in [1.165, 1.54) is 6.42 Å². The summed E-state index contributed by atoms with van der Waals surface area (Å²) in [5.41, 5.74) is 3.19. The van der Waals surface area contributed by atoms with Gasteiger partial charge in [0.1, 0.15) is 6.54 Å². The van der Waals surface area contributed by atoms with Crippen molar-refractivity contribution in [3.05, 3.63) is 17.0 Å². The van der Waals surface area contributed by atoms with Crippen LogP contribution in [-0.4, -0.2) is 60.0 Å². The van der Waals surface area contributed by atoms with Crippen LogP contribution in [0.4, 0.5) is 8.78 Å². The van der Waals surface area contributed by atoms with Crippen LogP contribution in [-0.2, 0) is 24.2 Å².